The number of benzene rings is 2. The molecule has 1 atom stereocenters. The highest BCUT2D eigenvalue weighted by Crippen LogP contribution is 2.31. The third-order valence-electron chi connectivity index (χ3n) is 11.2. The number of hydrogen-bond acceptors (Lipinski definition) is 8. The highest BCUT2D eigenvalue weighted by atomic mass is 16.2. The number of hydrogen-bond donors (Lipinski definition) is 2. The van der Waals surface area contributed by atoms with Gasteiger partial charge in [-0.3, -0.25) is 34.0 Å². The molecule has 2 fully saturated rings. The van der Waals surface area contributed by atoms with E-state index >= 15 is 0 Å². The van der Waals surface area contributed by atoms with Gasteiger partial charge < -0.3 is 24.6 Å². The van der Waals surface area contributed by atoms with E-state index in [0.29, 0.717) is 70.5 Å². The van der Waals surface area contributed by atoms with Crippen LogP contribution in [0.3, 0.4) is 0 Å². The first-order valence-electron chi connectivity index (χ1n) is 19.7. The second-order valence-corrected chi connectivity index (χ2v) is 15.2. The number of amides is 5. The lowest BCUT2D eigenvalue weighted by Crippen LogP contribution is -2.45. The molecule has 0 radical (unpaired) electrons. The first-order valence-corrected chi connectivity index (χ1v) is 19.7. The van der Waals surface area contributed by atoms with Crippen molar-refractivity contribution in [2.75, 3.05) is 52.2 Å². The number of H-pyrrole nitrogens is 1. The van der Waals surface area contributed by atoms with Gasteiger partial charge in [0.05, 0.1) is 18.7 Å². The maximum atomic E-state index is 13.3. The van der Waals surface area contributed by atoms with Crippen LogP contribution in [0.25, 0.3) is 16.5 Å². The molecular weight excluding hydrogens is 723 g/mol. The Kier molecular flexibility index (Phi) is 11.8. The van der Waals surface area contributed by atoms with Crippen molar-refractivity contribution in [3.63, 3.8) is 0 Å². The first-order chi connectivity index (χ1) is 27.5. The molecule has 0 aliphatic carbocycles. The van der Waals surface area contributed by atoms with E-state index in [1.54, 1.807) is 31.2 Å². The summed E-state index contributed by atoms with van der Waals surface area (Å²) in [6.07, 6.45) is 9.75. The van der Waals surface area contributed by atoms with E-state index in [2.05, 4.69) is 50.5 Å². The number of carbonyl (C=O) groups is 5. The summed E-state index contributed by atoms with van der Waals surface area (Å²) in [5.41, 5.74) is 5.86. The normalized spacial score (nSPS) is 17.5. The lowest BCUT2D eigenvalue weighted by atomic mass is 9.90. The summed E-state index contributed by atoms with van der Waals surface area (Å²) in [7, 11) is 5.48. The summed E-state index contributed by atoms with van der Waals surface area (Å²) in [5.74, 6) is 5.74. The van der Waals surface area contributed by atoms with E-state index < -0.39 is 0 Å². The second kappa shape index (κ2) is 17.3. The highest BCUT2D eigenvalue weighted by molar-refractivity contribution is 6.01. The summed E-state index contributed by atoms with van der Waals surface area (Å²) in [5, 5.41) is 11.1. The van der Waals surface area contributed by atoms with Crippen molar-refractivity contribution in [2.45, 2.75) is 69.9 Å². The Bertz CT molecular complexity index is 2260. The highest BCUT2D eigenvalue weighted by Gasteiger charge is 2.30. The molecule has 2 aromatic carbocycles. The van der Waals surface area contributed by atoms with Crippen LogP contribution < -0.4 is 10.2 Å². The summed E-state index contributed by atoms with van der Waals surface area (Å²) in [4.78, 5) is 74.3. The third kappa shape index (κ3) is 9.09. The average molecular weight is 772 g/mol. The van der Waals surface area contributed by atoms with Gasteiger partial charge in [0.2, 0.25) is 23.6 Å². The molecule has 2 aromatic heterocycles. The van der Waals surface area contributed by atoms with E-state index in [9.17, 15) is 24.0 Å². The average Bonchev–Trinajstić information content (AvgIpc) is 3.92. The summed E-state index contributed by atoms with van der Waals surface area (Å²) in [6, 6.07) is 14.1. The van der Waals surface area contributed by atoms with Gasteiger partial charge in [0.25, 0.3) is 5.91 Å². The molecule has 57 heavy (non-hydrogen) atoms. The standard InChI is InChI=1S/C43H49N9O5/c1-48(2)43(57)38-27-36-29(24-32(26-37(36)45-38)31-10-7-19-51(28-31)41(55)17-22-52-23-18-44-47-52)8-4-5-12-40(54)50-20-15-33(16-21-50)49(3)34-11-6-9-30(25-34)35-13-14-39(53)46-42(35)56/h6,9-11,18,23-27,33,35,45H,5,7,12-17,19-22,28H2,1-3H3,(H,46,53,56). The maximum Gasteiger partial charge on any atom is 0.269 e. The van der Waals surface area contributed by atoms with E-state index in [0.717, 1.165) is 58.1 Å². The fourth-order valence-electron chi connectivity index (χ4n) is 7.94. The van der Waals surface area contributed by atoms with Gasteiger partial charge in [-0.1, -0.05) is 35.3 Å². The van der Waals surface area contributed by atoms with E-state index in [-0.39, 0.29) is 41.5 Å². The molecule has 14 nitrogen and oxygen atoms in total. The Hall–Kier alpha value is -6.23. The minimum atomic E-state index is -0.332. The Morgan fingerprint density at radius 2 is 1.75 bits per heavy atom. The number of rotatable bonds is 10. The number of fused-ring (bicyclic) bond motifs is 1. The van der Waals surface area contributed by atoms with Crippen LogP contribution in [0, 0.1) is 11.8 Å². The molecule has 5 heterocycles. The number of likely N-dealkylation sites (tertiary alicyclic amines) is 1. The largest absolute Gasteiger partial charge is 0.371 e. The molecular formula is C43H49N9O5. The van der Waals surface area contributed by atoms with Gasteiger partial charge in [-0.25, -0.2) is 0 Å². The Morgan fingerprint density at radius 1 is 0.947 bits per heavy atom. The number of aromatic nitrogens is 4. The number of anilines is 1. The predicted octanol–water partition coefficient (Wildman–Crippen LogP) is 3.95. The van der Waals surface area contributed by atoms with Crippen molar-refractivity contribution >= 4 is 51.7 Å². The van der Waals surface area contributed by atoms with Gasteiger partial charge in [-0.05, 0) is 72.7 Å². The van der Waals surface area contributed by atoms with Gasteiger partial charge in [-0.15, -0.1) is 5.10 Å². The van der Waals surface area contributed by atoms with E-state index in [1.165, 1.54) is 4.90 Å². The van der Waals surface area contributed by atoms with Crippen LogP contribution in [0.1, 0.15) is 84.5 Å². The smallest absolute Gasteiger partial charge is 0.269 e. The number of nitrogens with one attached hydrogen (secondary N) is 2. The van der Waals surface area contributed by atoms with Gasteiger partial charge in [0, 0.05) is 107 Å². The van der Waals surface area contributed by atoms with Gasteiger partial charge in [0.15, 0.2) is 0 Å². The van der Waals surface area contributed by atoms with E-state index in [4.69, 9.17) is 0 Å². The lowest BCUT2D eigenvalue weighted by molar-refractivity contribution is -0.134. The molecule has 7 rings (SSSR count). The van der Waals surface area contributed by atoms with Gasteiger partial charge >= 0.3 is 0 Å². The topological polar surface area (TPSA) is 157 Å². The molecule has 14 heteroatoms. The number of imide groups is 1. The molecule has 2 N–H and O–H groups in total. The zero-order valence-electron chi connectivity index (χ0n) is 32.8. The summed E-state index contributed by atoms with van der Waals surface area (Å²) in [6.45, 7) is 2.87. The number of piperidine rings is 2. The minimum absolute atomic E-state index is 0.0497. The van der Waals surface area contributed by atoms with Crippen LogP contribution in [0.5, 0.6) is 0 Å². The summed E-state index contributed by atoms with van der Waals surface area (Å²) < 4.78 is 1.65. The first kappa shape index (κ1) is 39.0. The number of aromatic amines is 1. The quantitative estimate of drug-likeness (QED) is 0.182. The van der Waals surface area contributed by atoms with Crippen LogP contribution in [-0.4, -0.2) is 118 Å². The van der Waals surface area contributed by atoms with Crippen molar-refractivity contribution in [2.24, 2.45) is 0 Å². The number of aryl methyl sites for hydroxylation is 1. The number of carbonyl (C=O) groups excluding carboxylic acids is 5. The molecule has 296 valence electrons. The molecule has 2 saturated heterocycles. The maximum absolute atomic E-state index is 13.3. The molecule has 3 aliphatic heterocycles. The van der Waals surface area contributed by atoms with Crippen molar-refractivity contribution in [1.29, 1.82) is 0 Å². The molecule has 4 aromatic rings. The minimum Gasteiger partial charge on any atom is -0.371 e. The molecule has 0 spiro atoms. The predicted molar refractivity (Wildman–Crippen MR) is 216 cm³/mol. The molecule has 0 bridgehead atoms. The molecule has 3 aliphatic rings. The van der Waals surface area contributed by atoms with Gasteiger partial charge in [-0.2, -0.15) is 0 Å². The van der Waals surface area contributed by atoms with Crippen molar-refractivity contribution in [3.05, 3.63) is 83.3 Å². The van der Waals surface area contributed by atoms with Crippen LogP contribution in [0.2, 0.25) is 0 Å². The summed E-state index contributed by atoms with van der Waals surface area (Å²) >= 11 is 0. The molecule has 0 saturated carbocycles. The Labute approximate surface area is 332 Å². The zero-order chi connectivity index (χ0) is 40.1. The van der Waals surface area contributed by atoms with E-state index in [1.807, 2.05) is 52.3 Å². The third-order valence-corrected chi connectivity index (χ3v) is 11.2. The Morgan fingerprint density at radius 3 is 2.51 bits per heavy atom. The van der Waals surface area contributed by atoms with Crippen molar-refractivity contribution < 1.29 is 24.0 Å². The Balaban J connectivity index is 0.978. The van der Waals surface area contributed by atoms with Gasteiger partial charge in [0.1, 0.15) is 5.69 Å². The SMILES string of the molecule is CN(C)C(=O)c1cc2c(C#CCCC(=O)N3CCC(N(C)c4cccc(C5CCC(=O)NC5=O)c4)CC3)cc(C3=CCCN(C(=O)CCn4ccnn4)C3)cc2[nH]1. The second-order valence-electron chi connectivity index (χ2n) is 15.2. The van der Waals surface area contributed by atoms with Crippen molar-refractivity contribution in [1.82, 2.24) is 40.0 Å². The van der Waals surface area contributed by atoms with Crippen molar-refractivity contribution in [3.8, 4) is 11.8 Å². The van der Waals surface area contributed by atoms with Crippen LogP contribution in [0.15, 0.2) is 60.9 Å². The van der Waals surface area contributed by atoms with Crippen LogP contribution >= 0.6 is 0 Å². The van der Waals surface area contributed by atoms with Crippen LogP contribution in [-0.2, 0) is 25.7 Å². The fourth-order valence-corrected chi connectivity index (χ4v) is 7.94. The monoisotopic (exact) mass is 771 g/mol. The fraction of sp³-hybridized carbons (Fsp3) is 0.419. The molecule has 5 amide bonds. The number of nitrogens with zero attached hydrogens (tertiary/aromatic N) is 7. The zero-order valence-corrected chi connectivity index (χ0v) is 32.8. The molecule has 1 unspecified atom stereocenters. The lowest BCUT2D eigenvalue weighted by Gasteiger charge is -2.38. The van der Waals surface area contributed by atoms with Crippen LogP contribution in [0.4, 0.5) is 5.69 Å².